The van der Waals surface area contributed by atoms with Crippen molar-refractivity contribution in [2.75, 3.05) is 13.1 Å². The monoisotopic (exact) mass is 244 g/mol. The van der Waals surface area contributed by atoms with Crippen LogP contribution in [0, 0.1) is 5.41 Å². The maximum absolute atomic E-state index is 12.3. The number of carbonyl (C=O) groups excluding carboxylic acids is 1. The molecule has 0 aliphatic rings. The lowest BCUT2D eigenvalue weighted by atomic mass is 9.85. The van der Waals surface area contributed by atoms with Crippen LogP contribution in [0.5, 0.6) is 0 Å². The number of rotatable bonds is 7. The van der Waals surface area contributed by atoms with Gasteiger partial charge in [-0.25, -0.2) is 0 Å². The summed E-state index contributed by atoms with van der Waals surface area (Å²) < 4.78 is 0. The summed E-state index contributed by atoms with van der Waals surface area (Å²) in [4.78, 5) is 14.5. The molecule has 4 heteroatoms. The maximum Gasteiger partial charge on any atom is 0.235 e. The molecule has 0 aromatic carbocycles. The Morgan fingerprint density at radius 2 is 1.94 bits per heavy atom. The predicted octanol–water partition coefficient (Wildman–Crippen LogP) is 2.34. The molecule has 0 aliphatic carbocycles. The summed E-state index contributed by atoms with van der Waals surface area (Å²) >= 11 is 5.02. The molecule has 0 bridgehead atoms. The largest absolute Gasteiger partial charge is 0.392 e. The minimum atomic E-state index is -0.681. The average molecular weight is 244 g/mol. The summed E-state index contributed by atoms with van der Waals surface area (Å²) in [5, 5.41) is 0. The number of hydrogen-bond acceptors (Lipinski definition) is 2. The number of hydrogen-bond donors (Lipinski definition) is 1. The van der Waals surface area contributed by atoms with Crippen molar-refractivity contribution in [1.29, 1.82) is 0 Å². The van der Waals surface area contributed by atoms with E-state index in [2.05, 4.69) is 6.92 Å². The summed E-state index contributed by atoms with van der Waals surface area (Å²) in [6, 6.07) is 0. The summed E-state index contributed by atoms with van der Waals surface area (Å²) in [5.41, 5.74) is 5.01. The molecule has 1 unspecified atom stereocenters. The normalized spacial score (nSPS) is 14.2. The van der Waals surface area contributed by atoms with Crippen LogP contribution in [-0.2, 0) is 4.79 Å². The number of amides is 1. The van der Waals surface area contributed by atoms with Gasteiger partial charge in [0.15, 0.2) is 0 Å². The van der Waals surface area contributed by atoms with Crippen molar-refractivity contribution in [3.05, 3.63) is 0 Å². The first kappa shape index (κ1) is 15.4. The van der Waals surface area contributed by atoms with Gasteiger partial charge in [-0.15, -0.1) is 0 Å². The second-order valence-electron chi connectivity index (χ2n) is 4.29. The number of unbranched alkanes of at least 4 members (excludes halogenated alkanes) is 1. The van der Waals surface area contributed by atoms with E-state index in [1.165, 1.54) is 0 Å². The van der Waals surface area contributed by atoms with Gasteiger partial charge in [0.2, 0.25) is 5.91 Å². The van der Waals surface area contributed by atoms with E-state index >= 15 is 0 Å². The van der Waals surface area contributed by atoms with E-state index in [0.29, 0.717) is 11.4 Å². The van der Waals surface area contributed by atoms with E-state index in [1.54, 1.807) is 0 Å². The molecule has 1 atom stereocenters. The molecule has 0 aromatic rings. The van der Waals surface area contributed by atoms with Crippen molar-refractivity contribution in [2.24, 2.45) is 11.1 Å². The van der Waals surface area contributed by atoms with Crippen molar-refractivity contribution < 1.29 is 4.79 Å². The zero-order chi connectivity index (χ0) is 12.8. The van der Waals surface area contributed by atoms with Crippen LogP contribution in [0.4, 0.5) is 0 Å². The lowest BCUT2D eigenvalue weighted by Crippen LogP contribution is -2.48. The summed E-state index contributed by atoms with van der Waals surface area (Å²) in [5.74, 6) is 0.0680. The van der Waals surface area contributed by atoms with Crippen molar-refractivity contribution in [1.82, 2.24) is 4.90 Å². The van der Waals surface area contributed by atoms with Crippen molar-refractivity contribution in [3.63, 3.8) is 0 Å². The molecule has 0 saturated heterocycles. The number of thiocarbonyl (C=S) groups is 1. The van der Waals surface area contributed by atoms with Gasteiger partial charge < -0.3 is 10.6 Å². The molecule has 0 aromatic heterocycles. The quantitative estimate of drug-likeness (QED) is 0.699. The molecule has 3 nitrogen and oxygen atoms in total. The lowest BCUT2D eigenvalue weighted by Gasteiger charge is -2.32. The van der Waals surface area contributed by atoms with E-state index in [1.807, 2.05) is 25.7 Å². The number of carbonyl (C=O) groups is 1. The van der Waals surface area contributed by atoms with E-state index in [9.17, 15) is 4.79 Å². The Labute approximate surface area is 104 Å². The van der Waals surface area contributed by atoms with Crippen molar-refractivity contribution in [2.45, 2.75) is 47.0 Å². The van der Waals surface area contributed by atoms with Crippen LogP contribution >= 0.6 is 12.2 Å². The number of nitrogens with zero attached hydrogens (tertiary/aromatic N) is 1. The molecule has 1 amide bonds. The molecule has 94 valence electrons. The second kappa shape index (κ2) is 6.84. The van der Waals surface area contributed by atoms with E-state index in [-0.39, 0.29) is 5.91 Å². The predicted molar refractivity (Wildman–Crippen MR) is 72.3 cm³/mol. The smallest absolute Gasteiger partial charge is 0.235 e. The molecular weight excluding hydrogens is 220 g/mol. The van der Waals surface area contributed by atoms with Crippen LogP contribution in [0.2, 0.25) is 0 Å². The first-order valence-electron chi connectivity index (χ1n) is 6.03. The molecule has 2 N–H and O–H groups in total. The minimum Gasteiger partial charge on any atom is -0.392 e. The Kier molecular flexibility index (Phi) is 6.56. The highest BCUT2D eigenvalue weighted by Gasteiger charge is 2.37. The van der Waals surface area contributed by atoms with Crippen LogP contribution in [0.25, 0.3) is 0 Å². The summed E-state index contributed by atoms with van der Waals surface area (Å²) in [6.45, 7) is 9.41. The van der Waals surface area contributed by atoms with E-state index < -0.39 is 5.41 Å². The van der Waals surface area contributed by atoms with Crippen LogP contribution in [0.1, 0.15) is 47.0 Å². The van der Waals surface area contributed by atoms with Gasteiger partial charge in [0.25, 0.3) is 0 Å². The molecule has 0 radical (unpaired) electrons. The first-order valence-corrected chi connectivity index (χ1v) is 6.44. The third kappa shape index (κ3) is 3.44. The van der Waals surface area contributed by atoms with Crippen LogP contribution in [0.3, 0.4) is 0 Å². The second-order valence-corrected chi connectivity index (χ2v) is 4.73. The molecule has 0 heterocycles. The topological polar surface area (TPSA) is 46.3 Å². The van der Waals surface area contributed by atoms with Crippen LogP contribution in [-0.4, -0.2) is 28.9 Å². The molecule has 0 spiro atoms. The SMILES string of the molecule is CCCCN(CC)C(=O)C(C)(CC)C(N)=S. The molecular formula is C12H24N2OS. The Morgan fingerprint density at radius 3 is 2.25 bits per heavy atom. The molecule has 0 fully saturated rings. The van der Waals surface area contributed by atoms with Gasteiger partial charge >= 0.3 is 0 Å². The minimum absolute atomic E-state index is 0.0680. The fourth-order valence-corrected chi connectivity index (χ4v) is 1.76. The van der Waals surface area contributed by atoms with E-state index in [0.717, 1.165) is 25.9 Å². The fraction of sp³-hybridized carbons (Fsp3) is 0.833. The van der Waals surface area contributed by atoms with Gasteiger partial charge in [0, 0.05) is 13.1 Å². The van der Waals surface area contributed by atoms with Gasteiger partial charge in [-0.2, -0.15) is 0 Å². The highest BCUT2D eigenvalue weighted by atomic mass is 32.1. The molecule has 16 heavy (non-hydrogen) atoms. The summed E-state index contributed by atoms with van der Waals surface area (Å²) in [7, 11) is 0. The first-order chi connectivity index (χ1) is 7.43. The van der Waals surface area contributed by atoms with Gasteiger partial charge in [-0.05, 0) is 26.7 Å². The number of nitrogens with two attached hydrogens (primary N) is 1. The highest BCUT2D eigenvalue weighted by Crippen LogP contribution is 2.24. The van der Waals surface area contributed by atoms with Gasteiger partial charge in [0.05, 0.1) is 10.4 Å². The van der Waals surface area contributed by atoms with Gasteiger partial charge in [-0.3, -0.25) is 4.79 Å². The van der Waals surface area contributed by atoms with Crippen molar-refractivity contribution in [3.8, 4) is 0 Å². The Bertz CT molecular complexity index is 255. The standard InChI is InChI=1S/C12H24N2OS/c1-5-8-9-14(7-3)11(15)12(4,6-2)10(13)16/h5-9H2,1-4H3,(H2,13,16). The van der Waals surface area contributed by atoms with Gasteiger partial charge in [-0.1, -0.05) is 32.5 Å². The van der Waals surface area contributed by atoms with E-state index in [4.69, 9.17) is 18.0 Å². The Balaban J connectivity index is 4.76. The fourth-order valence-electron chi connectivity index (χ4n) is 1.53. The average Bonchev–Trinajstić information content (AvgIpc) is 2.28. The zero-order valence-corrected chi connectivity index (χ0v) is 11.7. The maximum atomic E-state index is 12.3. The summed E-state index contributed by atoms with van der Waals surface area (Å²) in [6.07, 6.45) is 2.76. The lowest BCUT2D eigenvalue weighted by molar-refractivity contribution is -0.137. The highest BCUT2D eigenvalue weighted by molar-refractivity contribution is 7.80. The molecule has 0 aliphatic heterocycles. The van der Waals surface area contributed by atoms with Gasteiger partial charge in [0.1, 0.15) is 0 Å². The third-order valence-electron chi connectivity index (χ3n) is 3.17. The van der Waals surface area contributed by atoms with Crippen LogP contribution in [0.15, 0.2) is 0 Å². The third-order valence-corrected chi connectivity index (χ3v) is 3.62. The Morgan fingerprint density at radius 1 is 1.38 bits per heavy atom. The van der Waals surface area contributed by atoms with Crippen molar-refractivity contribution >= 4 is 23.1 Å². The van der Waals surface area contributed by atoms with Crippen LogP contribution < -0.4 is 5.73 Å². The zero-order valence-electron chi connectivity index (χ0n) is 10.9. The molecule has 0 saturated carbocycles. The Hall–Kier alpha value is -0.640. The molecule has 0 rings (SSSR count).